The van der Waals surface area contributed by atoms with Crippen LogP contribution in [0.4, 0.5) is 0 Å². The minimum atomic E-state index is 0.169. The Hall–Kier alpha value is -1.22. The molecular weight excluding hydrogens is 238 g/mol. The standard InChI is InChI=1S/C16H27NO2/c1-5-12-18-14-9-6-7-10-15(14)19-13-8-11-17-16(2,3)4/h6-7,9-10,17H,5,8,11-13H2,1-4H3. The fourth-order valence-corrected chi connectivity index (χ4v) is 1.62. The van der Waals surface area contributed by atoms with Gasteiger partial charge in [0.05, 0.1) is 13.2 Å². The number of rotatable bonds is 8. The molecule has 1 N–H and O–H groups in total. The lowest BCUT2D eigenvalue weighted by atomic mass is 10.1. The van der Waals surface area contributed by atoms with Crippen molar-refractivity contribution >= 4 is 0 Å². The summed E-state index contributed by atoms with van der Waals surface area (Å²) in [5.74, 6) is 1.68. The third-order valence-corrected chi connectivity index (χ3v) is 2.54. The molecule has 0 aliphatic heterocycles. The van der Waals surface area contributed by atoms with Crippen molar-refractivity contribution in [2.45, 2.75) is 46.1 Å². The van der Waals surface area contributed by atoms with Crippen molar-refractivity contribution in [2.75, 3.05) is 19.8 Å². The number of para-hydroxylation sites is 2. The second-order valence-corrected chi connectivity index (χ2v) is 5.67. The van der Waals surface area contributed by atoms with Crippen LogP contribution in [0.25, 0.3) is 0 Å². The van der Waals surface area contributed by atoms with Gasteiger partial charge in [-0.15, -0.1) is 0 Å². The van der Waals surface area contributed by atoms with Gasteiger partial charge >= 0.3 is 0 Å². The molecule has 1 aromatic rings. The van der Waals surface area contributed by atoms with Gasteiger partial charge in [-0.3, -0.25) is 0 Å². The average Bonchev–Trinajstić information content (AvgIpc) is 2.36. The van der Waals surface area contributed by atoms with Gasteiger partial charge in [-0.1, -0.05) is 19.1 Å². The number of ether oxygens (including phenoxy) is 2. The molecule has 0 atom stereocenters. The molecule has 1 aromatic carbocycles. The van der Waals surface area contributed by atoms with Crippen molar-refractivity contribution in [3.8, 4) is 11.5 Å². The summed E-state index contributed by atoms with van der Waals surface area (Å²) in [6.07, 6.45) is 1.99. The zero-order valence-corrected chi connectivity index (χ0v) is 12.7. The van der Waals surface area contributed by atoms with Crippen LogP contribution in [-0.2, 0) is 0 Å². The van der Waals surface area contributed by atoms with E-state index in [1.165, 1.54) is 0 Å². The molecule has 0 unspecified atom stereocenters. The van der Waals surface area contributed by atoms with Gasteiger partial charge in [-0.05, 0) is 52.3 Å². The van der Waals surface area contributed by atoms with Crippen LogP contribution in [0, 0.1) is 0 Å². The summed E-state index contributed by atoms with van der Waals surface area (Å²) in [6.45, 7) is 11.0. The summed E-state index contributed by atoms with van der Waals surface area (Å²) in [6, 6.07) is 7.86. The van der Waals surface area contributed by atoms with E-state index in [2.05, 4.69) is 33.0 Å². The second-order valence-electron chi connectivity index (χ2n) is 5.67. The Morgan fingerprint density at radius 1 is 1.00 bits per heavy atom. The molecule has 0 aliphatic carbocycles. The van der Waals surface area contributed by atoms with E-state index < -0.39 is 0 Å². The average molecular weight is 265 g/mol. The molecule has 3 nitrogen and oxygen atoms in total. The third kappa shape index (κ3) is 7.06. The van der Waals surface area contributed by atoms with E-state index >= 15 is 0 Å². The van der Waals surface area contributed by atoms with Gasteiger partial charge in [0.1, 0.15) is 0 Å². The summed E-state index contributed by atoms with van der Waals surface area (Å²) in [5, 5.41) is 3.45. The van der Waals surface area contributed by atoms with E-state index in [0.29, 0.717) is 6.61 Å². The number of hydrogen-bond donors (Lipinski definition) is 1. The highest BCUT2D eigenvalue weighted by Crippen LogP contribution is 2.26. The van der Waals surface area contributed by atoms with Crippen molar-refractivity contribution in [1.29, 1.82) is 0 Å². The van der Waals surface area contributed by atoms with Crippen molar-refractivity contribution < 1.29 is 9.47 Å². The first-order valence-electron chi connectivity index (χ1n) is 7.12. The summed E-state index contributed by atoms with van der Waals surface area (Å²) in [4.78, 5) is 0. The van der Waals surface area contributed by atoms with Gasteiger partial charge in [0.25, 0.3) is 0 Å². The molecule has 0 fully saturated rings. The maximum atomic E-state index is 5.78. The van der Waals surface area contributed by atoms with E-state index in [0.717, 1.165) is 37.5 Å². The molecule has 1 rings (SSSR count). The highest BCUT2D eigenvalue weighted by atomic mass is 16.5. The molecule has 0 saturated carbocycles. The first-order valence-corrected chi connectivity index (χ1v) is 7.12. The van der Waals surface area contributed by atoms with Gasteiger partial charge in [-0.25, -0.2) is 0 Å². The second kappa shape index (κ2) is 8.05. The van der Waals surface area contributed by atoms with Crippen LogP contribution >= 0.6 is 0 Å². The zero-order chi connectivity index (χ0) is 14.1. The highest BCUT2D eigenvalue weighted by Gasteiger charge is 2.08. The Bertz CT molecular complexity index is 358. The lowest BCUT2D eigenvalue weighted by Gasteiger charge is -2.20. The minimum absolute atomic E-state index is 0.169. The third-order valence-electron chi connectivity index (χ3n) is 2.54. The zero-order valence-electron chi connectivity index (χ0n) is 12.7. The van der Waals surface area contributed by atoms with E-state index in [1.807, 2.05) is 24.3 Å². The van der Waals surface area contributed by atoms with Crippen molar-refractivity contribution in [3.63, 3.8) is 0 Å². The summed E-state index contributed by atoms with van der Waals surface area (Å²) >= 11 is 0. The monoisotopic (exact) mass is 265 g/mol. The molecule has 0 heterocycles. The predicted molar refractivity (Wildman–Crippen MR) is 80.1 cm³/mol. The molecule has 3 heteroatoms. The normalized spacial score (nSPS) is 11.4. The number of hydrogen-bond acceptors (Lipinski definition) is 3. The van der Waals surface area contributed by atoms with E-state index in [-0.39, 0.29) is 5.54 Å². The molecule has 0 bridgehead atoms. The topological polar surface area (TPSA) is 30.5 Å². The van der Waals surface area contributed by atoms with Crippen LogP contribution in [0.1, 0.15) is 40.5 Å². The first kappa shape index (κ1) is 15.8. The van der Waals surface area contributed by atoms with E-state index in [9.17, 15) is 0 Å². The Morgan fingerprint density at radius 2 is 1.58 bits per heavy atom. The molecule has 0 spiro atoms. The fraction of sp³-hybridized carbons (Fsp3) is 0.625. The summed E-state index contributed by atoms with van der Waals surface area (Å²) < 4.78 is 11.4. The maximum Gasteiger partial charge on any atom is 0.161 e. The van der Waals surface area contributed by atoms with Crippen LogP contribution in [-0.4, -0.2) is 25.3 Å². The van der Waals surface area contributed by atoms with Crippen molar-refractivity contribution in [3.05, 3.63) is 24.3 Å². The molecule has 0 aromatic heterocycles. The summed E-state index contributed by atoms with van der Waals surface area (Å²) in [7, 11) is 0. The van der Waals surface area contributed by atoms with E-state index in [1.54, 1.807) is 0 Å². The minimum Gasteiger partial charge on any atom is -0.490 e. The number of nitrogens with one attached hydrogen (secondary N) is 1. The lowest BCUT2D eigenvalue weighted by molar-refractivity contribution is 0.261. The van der Waals surface area contributed by atoms with Crippen molar-refractivity contribution in [2.24, 2.45) is 0 Å². The molecule has 0 amide bonds. The van der Waals surface area contributed by atoms with E-state index in [4.69, 9.17) is 9.47 Å². The predicted octanol–water partition coefficient (Wildman–Crippen LogP) is 3.63. The Labute approximate surface area is 117 Å². The molecule has 0 radical (unpaired) electrons. The van der Waals surface area contributed by atoms with Gasteiger partial charge in [0.15, 0.2) is 11.5 Å². The van der Waals surface area contributed by atoms with Crippen LogP contribution in [0.2, 0.25) is 0 Å². The number of benzene rings is 1. The van der Waals surface area contributed by atoms with Gasteiger partial charge in [0.2, 0.25) is 0 Å². The molecule has 108 valence electrons. The molecule has 0 aliphatic rings. The quantitative estimate of drug-likeness (QED) is 0.728. The Balaban J connectivity index is 2.32. The molecular formula is C16H27NO2. The summed E-state index contributed by atoms with van der Waals surface area (Å²) in [5.41, 5.74) is 0.169. The molecule has 0 saturated heterocycles. The lowest BCUT2D eigenvalue weighted by Crippen LogP contribution is -2.36. The van der Waals surface area contributed by atoms with Crippen LogP contribution in [0.5, 0.6) is 11.5 Å². The van der Waals surface area contributed by atoms with Gasteiger partial charge in [0, 0.05) is 5.54 Å². The fourth-order valence-electron chi connectivity index (χ4n) is 1.62. The Morgan fingerprint density at radius 3 is 2.11 bits per heavy atom. The maximum absolute atomic E-state index is 5.78. The highest BCUT2D eigenvalue weighted by molar-refractivity contribution is 5.39. The first-order chi connectivity index (χ1) is 9.03. The Kier molecular flexibility index (Phi) is 6.71. The van der Waals surface area contributed by atoms with Crippen LogP contribution in [0.3, 0.4) is 0 Å². The molecule has 19 heavy (non-hydrogen) atoms. The van der Waals surface area contributed by atoms with Gasteiger partial charge in [-0.2, -0.15) is 0 Å². The smallest absolute Gasteiger partial charge is 0.161 e. The van der Waals surface area contributed by atoms with Crippen LogP contribution < -0.4 is 14.8 Å². The largest absolute Gasteiger partial charge is 0.490 e. The van der Waals surface area contributed by atoms with Crippen LogP contribution in [0.15, 0.2) is 24.3 Å². The SMILES string of the molecule is CCCOc1ccccc1OCCCNC(C)(C)C. The van der Waals surface area contributed by atoms with Crippen molar-refractivity contribution in [1.82, 2.24) is 5.32 Å². The van der Waals surface area contributed by atoms with Gasteiger partial charge < -0.3 is 14.8 Å².